The lowest BCUT2D eigenvalue weighted by Crippen LogP contribution is -2.39. The Bertz CT molecular complexity index is 701. The molecular weight excluding hydrogens is 363 g/mol. The molecule has 7 nitrogen and oxygen atoms in total. The third kappa shape index (κ3) is 5.70. The summed E-state index contributed by atoms with van der Waals surface area (Å²) in [5.74, 6) is -2.17. The summed E-state index contributed by atoms with van der Waals surface area (Å²) < 4.78 is 54.5. The normalized spacial score (nSPS) is 20.3. The predicted molar refractivity (Wildman–Crippen MR) is 82.9 cm³/mol. The Labute approximate surface area is 143 Å². The first-order valence-electron chi connectivity index (χ1n) is 7.86. The molecule has 2 heterocycles. The summed E-state index contributed by atoms with van der Waals surface area (Å²) >= 11 is 0. The average molecular weight is 383 g/mol. The number of aryl methyl sites for hydroxylation is 1. The molecule has 2 N–H and O–H groups in total. The van der Waals surface area contributed by atoms with Crippen LogP contribution in [0.2, 0.25) is 0 Å². The highest BCUT2D eigenvalue weighted by atomic mass is 32.2. The van der Waals surface area contributed by atoms with Crippen molar-refractivity contribution in [2.75, 3.05) is 24.6 Å². The van der Waals surface area contributed by atoms with Gasteiger partial charge in [-0.15, -0.1) is 0 Å². The van der Waals surface area contributed by atoms with Crippen LogP contribution in [0, 0.1) is 0 Å². The van der Waals surface area contributed by atoms with Crippen LogP contribution in [0.1, 0.15) is 29.8 Å². The maximum Gasteiger partial charge on any atom is 0.490 e. The van der Waals surface area contributed by atoms with Gasteiger partial charge in [0.25, 0.3) is 0 Å². The van der Waals surface area contributed by atoms with Crippen LogP contribution in [0.15, 0.2) is 0 Å². The molecule has 1 aliphatic carbocycles. The van der Waals surface area contributed by atoms with Gasteiger partial charge in [-0.05, 0) is 31.2 Å². The van der Waals surface area contributed by atoms with Crippen LogP contribution < -0.4 is 0 Å². The Morgan fingerprint density at radius 2 is 1.76 bits per heavy atom. The lowest BCUT2D eigenvalue weighted by Gasteiger charge is -2.26. The smallest absolute Gasteiger partial charge is 0.475 e. The summed E-state index contributed by atoms with van der Waals surface area (Å²) in [6, 6.07) is 0. The van der Waals surface area contributed by atoms with Crippen LogP contribution in [0.3, 0.4) is 0 Å². The Hall–Kier alpha value is -1.62. The average Bonchev–Trinajstić information content (AvgIpc) is 2.92. The molecule has 11 heteroatoms. The van der Waals surface area contributed by atoms with E-state index >= 15 is 0 Å². The molecule has 0 unspecified atom stereocenters. The molecule has 1 saturated heterocycles. The Balaban J connectivity index is 0.000000277. The van der Waals surface area contributed by atoms with Gasteiger partial charge in [0.05, 0.1) is 17.2 Å². The number of halogens is 3. The van der Waals surface area contributed by atoms with E-state index in [-0.39, 0.29) is 0 Å². The quantitative estimate of drug-likeness (QED) is 0.794. The molecule has 2 aliphatic rings. The molecule has 142 valence electrons. The first kappa shape index (κ1) is 19.7. The largest absolute Gasteiger partial charge is 0.490 e. The number of H-pyrrole nitrogens is 1. The van der Waals surface area contributed by atoms with Crippen molar-refractivity contribution < 1.29 is 31.5 Å². The molecule has 0 spiro atoms. The summed E-state index contributed by atoms with van der Waals surface area (Å²) in [7, 11) is -2.78. The fourth-order valence-corrected chi connectivity index (χ4v) is 4.08. The second kappa shape index (κ2) is 7.73. The number of hydrogen-bond acceptors (Lipinski definition) is 5. The number of carboxylic acid groups (broad SMARTS) is 1. The zero-order valence-corrected chi connectivity index (χ0v) is 14.3. The van der Waals surface area contributed by atoms with E-state index in [1.807, 2.05) is 0 Å². The van der Waals surface area contributed by atoms with Gasteiger partial charge in [0.15, 0.2) is 9.84 Å². The molecule has 1 aromatic heterocycles. The number of nitrogens with zero attached hydrogens (tertiary/aromatic N) is 2. The number of carboxylic acids is 1. The molecule has 0 saturated carbocycles. The zero-order chi connectivity index (χ0) is 18.7. The van der Waals surface area contributed by atoms with E-state index < -0.39 is 22.0 Å². The number of hydrogen-bond donors (Lipinski definition) is 2. The Morgan fingerprint density at radius 1 is 1.20 bits per heavy atom. The molecule has 0 aromatic carbocycles. The molecule has 0 amide bonds. The number of aromatic amines is 1. The predicted octanol–water partition coefficient (Wildman–Crippen LogP) is 1.15. The van der Waals surface area contributed by atoms with E-state index in [9.17, 15) is 21.6 Å². The number of fused-ring (bicyclic) bond motifs is 1. The molecule has 1 aliphatic heterocycles. The van der Waals surface area contributed by atoms with Crippen molar-refractivity contribution in [3.05, 3.63) is 17.0 Å². The minimum Gasteiger partial charge on any atom is -0.475 e. The maximum absolute atomic E-state index is 11.4. The van der Waals surface area contributed by atoms with Gasteiger partial charge < -0.3 is 5.11 Å². The van der Waals surface area contributed by atoms with Gasteiger partial charge in [-0.25, -0.2) is 13.2 Å². The van der Waals surface area contributed by atoms with Gasteiger partial charge in [-0.2, -0.15) is 18.3 Å². The molecule has 25 heavy (non-hydrogen) atoms. The number of aromatic nitrogens is 2. The number of carbonyl (C=O) groups is 1. The fraction of sp³-hybridized carbons (Fsp3) is 0.714. The minimum absolute atomic E-state index is 0.291. The Kier molecular flexibility index (Phi) is 6.09. The molecule has 1 aromatic rings. The first-order chi connectivity index (χ1) is 11.6. The van der Waals surface area contributed by atoms with Crippen LogP contribution in [0.25, 0.3) is 0 Å². The first-order valence-corrected chi connectivity index (χ1v) is 9.68. The van der Waals surface area contributed by atoms with Gasteiger partial charge in [-0.3, -0.25) is 10.00 Å². The summed E-state index contributed by atoms with van der Waals surface area (Å²) in [5.41, 5.74) is 3.81. The van der Waals surface area contributed by atoms with E-state index in [2.05, 4.69) is 15.1 Å². The van der Waals surface area contributed by atoms with E-state index in [1.54, 1.807) is 0 Å². The summed E-state index contributed by atoms with van der Waals surface area (Å²) in [6.07, 6.45) is -0.367. The topological polar surface area (TPSA) is 103 Å². The van der Waals surface area contributed by atoms with Crippen LogP contribution >= 0.6 is 0 Å². The van der Waals surface area contributed by atoms with Gasteiger partial charge >= 0.3 is 12.1 Å². The Morgan fingerprint density at radius 3 is 2.32 bits per heavy atom. The highest BCUT2D eigenvalue weighted by Gasteiger charge is 2.38. The van der Waals surface area contributed by atoms with E-state index in [0.29, 0.717) is 24.6 Å². The second-order valence-electron chi connectivity index (χ2n) is 6.07. The molecule has 0 atom stereocenters. The van der Waals surface area contributed by atoms with Gasteiger partial charge in [-0.1, -0.05) is 0 Å². The number of rotatable bonds is 2. The van der Waals surface area contributed by atoms with Crippen molar-refractivity contribution in [2.45, 2.75) is 38.4 Å². The molecule has 1 fully saturated rings. The van der Waals surface area contributed by atoms with E-state index in [4.69, 9.17) is 9.90 Å². The number of nitrogens with one attached hydrogen (secondary N) is 1. The summed E-state index contributed by atoms with van der Waals surface area (Å²) in [5, 5.41) is 14.7. The summed E-state index contributed by atoms with van der Waals surface area (Å²) in [6.45, 7) is 2.08. The maximum atomic E-state index is 11.4. The van der Waals surface area contributed by atoms with E-state index in [0.717, 1.165) is 25.1 Å². The highest BCUT2D eigenvalue weighted by Crippen LogP contribution is 2.23. The monoisotopic (exact) mass is 383 g/mol. The standard InChI is InChI=1S/C12H19N3O2S.C2HF3O2/c16-18(17)7-5-15(6-8-18)9-12-10-3-1-2-4-11(10)13-14-12;3-2(4,5)1(6)7/h1-9H2,(H,13,14);(H,6,7). The van der Waals surface area contributed by atoms with Crippen molar-refractivity contribution in [1.29, 1.82) is 0 Å². The molecular formula is C14H20F3N3O4S. The van der Waals surface area contributed by atoms with E-state index in [1.165, 1.54) is 24.1 Å². The lowest BCUT2D eigenvalue weighted by atomic mass is 9.96. The third-order valence-electron chi connectivity index (χ3n) is 4.19. The van der Waals surface area contributed by atoms with Crippen molar-refractivity contribution in [3.63, 3.8) is 0 Å². The van der Waals surface area contributed by atoms with Gasteiger partial charge in [0, 0.05) is 25.3 Å². The van der Waals surface area contributed by atoms with Crippen molar-refractivity contribution in [2.24, 2.45) is 0 Å². The fourth-order valence-electron chi connectivity index (χ4n) is 2.80. The van der Waals surface area contributed by atoms with Crippen molar-refractivity contribution >= 4 is 15.8 Å². The zero-order valence-electron chi connectivity index (χ0n) is 13.5. The van der Waals surface area contributed by atoms with Crippen LogP contribution in [-0.2, 0) is 34.0 Å². The van der Waals surface area contributed by atoms with Crippen LogP contribution in [0.5, 0.6) is 0 Å². The SMILES string of the molecule is O=C(O)C(F)(F)F.O=S1(=O)CCN(Cc2n[nH]c3c2CCCC3)CC1. The molecule has 3 rings (SSSR count). The van der Waals surface area contributed by atoms with Crippen molar-refractivity contribution in [1.82, 2.24) is 15.1 Å². The summed E-state index contributed by atoms with van der Waals surface area (Å²) in [4.78, 5) is 11.1. The molecule has 0 bridgehead atoms. The van der Waals surface area contributed by atoms with Gasteiger partial charge in [0.1, 0.15) is 0 Å². The van der Waals surface area contributed by atoms with Crippen LogP contribution in [0.4, 0.5) is 13.2 Å². The van der Waals surface area contributed by atoms with Gasteiger partial charge in [0.2, 0.25) is 0 Å². The third-order valence-corrected chi connectivity index (χ3v) is 5.80. The lowest BCUT2D eigenvalue weighted by molar-refractivity contribution is -0.192. The van der Waals surface area contributed by atoms with Crippen LogP contribution in [-0.4, -0.2) is 65.4 Å². The second-order valence-corrected chi connectivity index (χ2v) is 8.37. The number of alkyl halides is 3. The molecule has 0 radical (unpaired) electrons. The number of aliphatic carboxylic acids is 1. The number of sulfone groups is 1. The van der Waals surface area contributed by atoms with Crippen molar-refractivity contribution in [3.8, 4) is 0 Å². The minimum atomic E-state index is -5.08. The highest BCUT2D eigenvalue weighted by molar-refractivity contribution is 7.91.